The van der Waals surface area contributed by atoms with E-state index < -0.39 is 0 Å². The van der Waals surface area contributed by atoms with Crippen LogP contribution >= 0.6 is 0 Å². The van der Waals surface area contributed by atoms with E-state index in [4.69, 9.17) is 0 Å². The number of carbonyl (C=O) groups is 1. The maximum Gasteiger partial charge on any atom is 0.150 e. The Balaban J connectivity index is 0.00000141. The normalized spacial score (nSPS) is 13.8. The fourth-order valence-corrected chi connectivity index (χ4v) is 4.27. The average molecular weight is 422 g/mol. The van der Waals surface area contributed by atoms with E-state index in [1.165, 1.54) is 11.1 Å². The van der Waals surface area contributed by atoms with Crippen molar-refractivity contribution in [3.63, 3.8) is 0 Å². The first-order valence-electron chi connectivity index (χ1n) is 11.1. The Bertz CT molecular complexity index is 1170. The predicted molar refractivity (Wildman–Crippen MR) is 138 cm³/mol. The van der Waals surface area contributed by atoms with Crippen LogP contribution in [0.15, 0.2) is 104 Å². The molecule has 0 amide bonds. The van der Waals surface area contributed by atoms with Crippen molar-refractivity contribution in [1.82, 2.24) is 0 Å². The van der Waals surface area contributed by atoms with E-state index in [0.717, 1.165) is 34.5 Å². The van der Waals surface area contributed by atoms with Gasteiger partial charge in [-0.05, 0) is 52.6 Å². The van der Waals surface area contributed by atoms with Crippen LogP contribution in [0.3, 0.4) is 0 Å². The van der Waals surface area contributed by atoms with Crippen LogP contribution in [-0.2, 0) is 5.41 Å². The number of para-hydroxylation sites is 1. The van der Waals surface area contributed by atoms with Gasteiger partial charge in [0, 0.05) is 16.7 Å². The number of fused-ring (bicyclic) bond motifs is 2. The topological polar surface area (TPSA) is 20.3 Å². The number of hydrogen-bond acceptors (Lipinski definition) is 2. The molecule has 0 saturated carbocycles. The lowest BCUT2D eigenvalue weighted by Crippen LogP contribution is -2.32. The van der Waals surface area contributed by atoms with Gasteiger partial charge in [-0.15, -0.1) is 0 Å². The summed E-state index contributed by atoms with van der Waals surface area (Å²) in [5.74, 6) is 0. The molecule has 4 rings (SSSR count). The molecular formula is C30H31NO. The van der Waals surface area contributed by atoms with Gasteiger partial charge in [-0.25, -0.2) is 0 Å². The van der Waals surface area contributed by atoms with Crippen LogP contribution in [0.1, 0.15) is 49.2 Å². The van der Waals surface area contributed by atoms with Crippen molar-refractivity contribution in [2.24, 2.45) is 0 Å². The number of aldehydes is 1. The zero-order chi connectivity index (χ0) is 23.3. The van der Waals surface area contributed by atoms with Gasteiger partial charge in [0.25, 0.3) is 0 Å². The van der Waals surface area contributed by atoms with Gasteiger partial charge in [-0.2, -0.15) is 0 Å². The molecule has 1 aliphatic rings. The summed E-state index contributed by atoms with van der Waals surface area (Å²) in [5.41, 5.74) is 8.53. The molecule has 0 aliphatic carbocycles. The van der Waals surface area contributed by atoms with Crippen molar-refractivity contribution in [3.05, 3.63) is 121 Å². The minimum atomic E-state index is -0.165. The van der Waals surface area contributed by atoms with Gasteiger partial charge in [0.15, 0.2) is 0 Å². The summed E-state index contributed by atoms with van der Waals surface area (Å²) in [4.78, 5) is 13.3. The van der Waals surface area contributed by atoms with Crippen molar-refractivity contribution in [2.75, 3.05) is 4.90 Å². The summed E-state index contributed by atoms with van der Waals surface area (Å²) < 4.78 is 0. The molecule has 162 valence electrons. The second kappa shape index (κ2) is 9.65. The first-order chi connectivity index (χ1) is 15.5. The average Bonchev–Trinajstić information content (AvgIpc) is 2.85. The minimum Gasteiger partial charge on any atom is -0.310 e. The van der Waals surface area contributed by atoms with Crippen molar-refractivity contribution < 1.29 is 4.79 Å². The third kappa shape index (κ3) is 3.97. The molecule has 2 heteroatoms. The number of anilines is 2. The van der Waals surface area contributed by atoms with E-state index in [1.54, 1.807) is 6.08 Å². The van der Waals surface area contributed by atoms with Crippen molar-refractivity contribution in [1.29, 1.82) is 0 Å². The fourth-order valence-electron chi connectivity index (χ4n) is 4.27. The Hall–Kier alpha value is -3.65. The Morgan fingerprint density at radius 1 is 0.844 bits per heavy atom. The van der Waals surface area contributed by atoms with Gasteiger partial charge >= 0.3 is 0 Å². The molecule has 0 bridgehead atoms. The first kappa shape index (κ1) is 23.0. The first-order valence-corrected chi connectivity index (χ1v) is 11.1. The van der Waals surface area contributed by atoms with Crippen molar-refractivity contribution in [3.8, 4) is 11.1 Å². The van der Waals surface area contributed by atoms with E-state index in [0.29, 0.717) is 5.56 Å². The molecule has 0 saturated heterocycles. The Labute approximate surface area is 192 Å². The molecule has 0 unspecified atom stereocenters. The van der Waals surface area contributed by atoms with Gasteiger partial charge in [-0.1, -0.05) is 95.5 Å². The van der Waals surface area contributed by atoms with Crippen LogP contribution in [0.25, 0.3) is 11.1 Å². The van der Waals surface area contributed by atoms with Crippen LogP contribution in [0.4, 0.5) is 11.4 Å². The molecule has 0 fully saturated rings. The van der Waals surface area contributed by atoms with Gasteiger partial charge in [-0.3, -0.25) is 4.79 Å². The summed E-state index contributed by atoms with van der Waals surface area (Å²) in [6.07, 6.45) is 6.52. The van der Waals surface area contributed by atoms with E-state index in [9.17, 15) is 4.79 Å². The summed E-state index contributed by atoms with van der Waals surface area (Å²) in [6.45, 7) is 16.4. The highest BCUT2D eigenvalue weighted by Gasteiger charge is 2.36. The van der Waals surface area contributed by atoms with Gasteiger partial charge in [0.2, 0.25) is 0 Å². The number of benzene rings is 3. The molecule has 2 nitrogen and oxygen atoms in total. The van der Waals surface area contributed by atoms with Gasteiger partial charge in [0.1, 0.15) is 6.29 Å². The number of hydrogen-bond donors (Lipinski definition) is 0. The summed E-state index contributed by atoms with van der Waals surface area (Å²) in [5, 5.41) is 0. The van der Waals surface area contributed by atoms with E-state index in [2.05, 4.69) is 74.4 Å². The SMILES string of the molecule is C=C/C=C(\C=C)N1c2ccccc2C(C)(C)c2cc(-c3ccc(C=O)cc3)ccc21.CC. The number of nitrogens with zero attached hydrogens (tertiary/aromatic N) is 1. The second-order valence-electron chi connectivity index (χ2n) is 7.98. The smallest absolute Gasteiger partial charge is 0.150 e. The lowest BCUT2D eigenvalue weighted by atomic mass is 9.73. The summed E-state index contributed by atoms with van der Waals surface area (Å²) in [6, 6.07) is 22.8. The largest absolute Gasteiger partial charge is 0.310 e. The lowest BCUT2D eigenvalue weighted by Gasteiger charge is -2.42. The Kier molecular flexibility index (Phi) is 6.95. The highest BCUT2D eigenvalue weighted by atomic mass is 16.1. The van der Waals surface area contributed by atoms with Crippen LogP contribution in [-0.4, -0.2) is 6.29 Å². The molecule has 0 N–H and O–H groups in total. The second-order valence-corrected chi connectivity index (χ2v) is 7.98. The number of carbonyl (C=O) groups excluding carboxylic acids is 1. The molecule has 1 heterocycles. The molecule has 32 heavy (non-hydrogen) atoms. The van der Waals surface area contributed by atoms with Crippen molar-refractivity contribution >= 4 is 17.7 Å². The molecular weight excluding hydrogens is 390 g/mol. The minimum absolute atomic E-state index is 0.165. The molecule has 3 aromatic carbocycles. The molecule has 0 spiro atoms. The zero-order valence-electron chi connectivity index (χ0n) is 19.4. The highest BCUT2D eigenvalue weighted by Crippen LogP contribution is 2.51. The quantitative estimate of drug-likeness (QED) is 0.305. The summed E-state index contributed by atoms with van der Waals surface area (Å²) >= 11 is 0. The Morgan fingerprint density at radius 3 is 2.09 bits per heavy atom. The fraction of sp³-hybridized carbons (Fsp3) is 0.167. The maximum atomic E-state index is 11.0. The maximum absolute atomic E-state index is 11.0. The molecule has 3 aromatic rings. The van der Waals surface area contributed by atoms with Crippen LogP contribution in [0.5, 0.6) is 0 Å². The van der Waals surface area contributed by atoms with E-state index >= 15 is 0 Å². The van der Waals surface area contributed by atoms with Crippen LogP contribution in [0.2, 0.25) is 0 Å². The molecule has 1 aliphatic heterocycles. The summed E-state index contributed by atoms with van der Waals surface area (Å²) in [7, 11) is 0. The molecule has 0 aromatic heterocycles. The molecule has 0 radical (unpaired) electrons. The van der Waals surface area contributed by atoms with E-state index in [1.807, 2.05) is 50.3 Å². The van der Waals surface area contributed by atoms with Crippen LogP contribution < -0.4 is 4.90 Å². The number of allylic oxidation sites excluding steroid dienone is 3. The monoisotopic (exact) mass is 421 g/mol. The van der Waals surface area contributed by atoms with E-state index in [-0.39, 0.29) is 5.41 Å². The highest BCUT2D eigenvalue weighted by molar-refractivity contribution is 5.84. The molecule has 0 atom stereocenters. The lowest BCUT2D eigenvalue weighted by molar-refractivity contribution is 0.112. The standard InChI is InChI=1S/C28H25NO.C2H6/c1-5-9-23(6-2)29-26-11-8-7-10-24(26)28(3,4)25-18-22(16-17-27(25)29)21-14-12-20(19-30)13-15-21;1-2/h5-19H,1-2H2,3-4H3;1-2H3/b23-9+;. The third-order valence-electron chi connectivity index (χ3n) is 5.87. The van der Waals surface area contributed by atoms with Crippen LogP contribution in [0, 0.1) is 0 Å². The zero-order valence-corrected chi connectivity index (χ0v) is 19.4. The predicted octanol–water partition coefficient (Wildman–Crippen LogP) is 8.23. The van der Waals surface area contributed by atoms with Gasteiger partial charge < -0.3 is 4.90 Å². The van der Waals surface area contributed by atoms with Gasteiger partial charge in [0.05, 0.1) is 11.4 Å². The third-order valence-corrected chi connectivity index (χ3v) is 5.87. The number of rotatable bonds is 5. The Morgan fingerprint density at radius 2 is 1.47 bits per heavy atom. The van der Waals surface area contributed by atoms with Crippen molar-refractivity contribution in [2.45, 2.75) is 33.1 Å².